The Morgan fingerprint density at radius 2 is 1.85 bits per heavy atom. The van der Waals surface area contributed by atoms with E-state index < -0.39 is 0 Å². The van der Waals surface area contributed by atoms with Crippen LogP contribution in [0.1, 0.15) is 61.4 Å². The first-order chi connectivity index (χ1) is 16.0. The quantitative estimate of drug-likeness (QED) is 0.700. The van der Waals surface area contributed by atoms with Gasteiger partial charge >= 0.3 is 0 Å². The van der Waals surface area contributed by atoms with Crippen molar-refractivity contribution in [2.75, 3.05) is 30.3 Å². The third-order valence-corrected chi connectivity index (χ3v) is 7.06. The van der Waals surface area contributed by atoms with Gasteiger partial charge in [0, 0.05) is 23.9 Å². The molecule has 8 heteroatoms. The Kier molecular flexibility index (Phi) is 7.09. The van der Waals surface area contributed by atoms with Crippen molar-refractivity contribution in [1.29, 1.82) is 5.26 Å². The van der Waals surface area contributed by atoms with Gasteiger partial charge in [-0.2, -0.15) is 5.26 Å². The number of aromatic nitrogens is 2. The molecule has 2 N–H and O–H groups in total. The number of hydrogen-bond donors (Lipinski definition) is 2. The summed E-state index contributed by atoms with van der Waals surface area (Å²) < 4.78 is 2.17. The zero-order valence-electron chi connectivity index (χ0n) is 19.4. The lowest BCUT2D eigenvalue weighted by Crippen LogP contribution is -2.42. The monoisotopic (exact) mass is 448 g/mol. The SMILES string of the molecule is Cc1c(C#N)c(NC(=O)CN2CCC(C(=O)Nc3ccccn3)CC2)n(C2CCCC2)c1C. The fraction of sp³-hybridized carbons (Fsp3) is 0.520. The molecular formula is C25H32N6O2. The van der Waals surface area contributed by atoms with Crippen LogP contribution in [0.2, 0.25) is 0 Å². The second-order valence-corrected chi connectivity index (χ2v) is 9.16. The second kappa shape index (κ2) is 10.2. The highest BCUT2D eigenvalue weighted by atomic mass is 16.2. The topological polar surface area (TPSA) is 103 Å². The molecule has 2 aromatic rings. The van der Waals surface area contributed by atoms with Gasteiger partial charge in [-0.1, -0.05) is 18.9 Å². The normalized spacial score (nSPS) is 17.6. The van der Waals surface area contributed by atoms with Gasteiger partial charge in [0.2, 0.25) is 11.8 Å². The van der Waals surface area contributed by atoms with E-state index in [1.165, 1.54) is 12.8 Å². The highest BCUT2D eigenvalue weighted by Gasteiger charge is 2.29. The lowest BCUT2D eigenvalue weighted by molar-refractivity contribution is -0.121. The minimum absolute atomic E-state index is 0.0168. The van der Waals surface area contributed by atoms with Gasteiger partial charge in [0.25, 0.3) is 0 Å². The lowest BCUT2D eigenvalue weighted by atomic mass is 9.96. The number of rotatable bonds is 6. The molecule has 0 spiro atoms. The molecule has 2 aromatic heterocycles. The number of likely N-dealkylation sites (tertiary alicyclic amines) is 1. The summed E-state index contributed by atoms with van der Waals surface area (Å²) in [5.41, 5.74) is 2.57. The highest BCUT2D eigenvalue weighted by molar-refractivity contribution is 5.93. The van der Waals surface area contributed by atoms with Gasteiger partial charge in [0.05, 0.1) is 12.1 Å². The van der Waals surface area contributed by atoms with Crippen molar-refractivity contribution in [2.45, 2.75) is 58.4 Å². The molecule has 0 radical (unpaired) electrons. The number of hydrogen-bond acceptors (Lipinski definition) is 5. The third-order valence-electron chi connectivity index (χ3n) is 7.06. The first-order valence-electron chi connectivity index (χ1n) is 11.8. The van der Waals surface area contributed by atoms with E-state index in [4.69, 9.17) is 0 Å². The van der Waals surface area contributed by atoms with Gasteiger partial charge in [0.1, 0.15) is 17.7 Å². The number of pyridine rings is 1. The Balaban J connectivity index is 1.34. The highest BCUT2D eigenvalue weighted by Crippen LogP contribution is 2.37. The summed E-state index contributed by atoms with van der Waals surface area (Å²) >= 11 is 0. The molecule has 0 unspecified atom stereocenters. The van der Waals surface area contributed by atoms with Gasteiger partial charge in [-0.25, -0.2) is 4.98 Å². The Labute approximate surface area is 195 Å². The van der Waals surface area contributed by atoms with Crippen molar-refractivity contribution in [3.8, 4) is 6.07 Å². The minimum atomic E-state index is -0.111. The summed E-state index contributed by atoms with van der Waals surface area (Å²) in [7, 11) is 0. The van der Waals surface area contributed by atoms with Crippen LogP contribution in [-0.4, -0.2) is 45.9 Å². The predicted octanol–water partition coefficient (Wildman–Crippen LogP) is 3.78. The number of nitriles is 1. The van der Waals surface area contributed by atoms with E-state index in [9.17, 15) is 14.9 Å². The van der Waals surface area contributed by atoms with Crippen LogP contribution in [-0.2, 0) is 9.59 Å². The van der Waals surface area contributed by atoms with Gasteiger partial charge in [-0.15, -0.1) is 0 Å². The Morgan fingerprint density at radius 3 is 2.48 bits per heavy atom. The number of carbonyl (C=O) groups is 2. The van der Waals surface area contributed by atoms with Crippen LogP contribution in [0.4, 0.5) is 11.6 Å². The van der Waals surface area contributed by atoms with Gasteiger partial charge < -0.3 is 15.2 Å². The summed E-state index contributed by atoms with van der Waals surface area (Å²) in [6, 6.07) is 8.07. The van der Waals surface area contributed by atoms with Gasteiger partial charge in [-0.3, -0.25) is 14.5 Å². The van der Waals surface area contributed by atoms with Crippen LogP contribution in [0.25, 0.3) is 0 Å². The molecule has 1 saturated carbocycles. The second-order valence-electron chi connectivity index (χ2n) is 9.16. The maximum absolute atomic E-state index is 12.9. The first kappa shape index (κ1) is 23.0. The van der Waals surface area contributed by atoms with E-state index in [0.29, 0.717) is 49.2 Å². The van der Waals surface area contributed by atoms with Crippen molar-refractivity contribution in [1.82, 2.24) is 14.5 Å². The Bertz CT molecular complexity index is 1040. The molecule has 1 aliphatic carbocycles. The molecule has 0 aromatic carbocycles. The molecule has 3 heterocycles. The number of amides is 2. The molecule has 33 heavy (non-hydrogen) atoms. The van der Waals surface area contributed by atoms with E-state index in [-0.39, 0.29) is 24.3 Å². The minimum Gasteiger partial charge on any atom is -0.327 e. The molecular weight excluding hydrogens is 416 g/mol. The molecule has 1 aliphatic heterocycles. The molecule has 1 saturated heterocycles. The largest absolute Gasteiger partial charge is 0.327 e. The molecule has 2 amide bonds. The number of nitrogens with one attached hydrogen (secondary N) is 2. The van der Waals surface area contributed by atoms with Crippen molar-refractivity contribution in [2.24, 2.45) is 5.92 Å². The summed E-state index contributed by atoms with van der Waals surface area (Å²) in [6.07, 6.45) is 7.57. The average Bonchev–Trinajstić information content (AvgIpc) is 3.41. The smallest absolute Gasteiger partial charge is 0.239 e. The standard InChI is InChI=1S/C25H32N6O2/c1-17-18(2)31(20-7-3-4-8-20)24(21(17)15-26)29-23(32)16-30-13-10-19(11-14-30)25(33)28-22-9-5-6-12-27-22/h5-6,9,12,19-20H,3-4,7-8,10-11,13-14,16H2,1-2H3,(H,29,32)(H,27,28,33). The van der Waals surface area contributed by atoms with Crippen LogP contribution in [0.15, 0.2) is 24.4 Å². The number of nitrogens with zero attached hydrogens (tertiary/aromatic N) is 4. The molecule has 2 fully saturated rings. The van der Waals surface area contributed by atoms with Crippen molar-refractivity contribution in [3.63, 3.8) is 0 Å². The maximum Gasteiger partial charge on any atom is 0.239 e. The lowest BCUT2D eigenvalue weighted by Gasteiger charge is -2.30. The van der Waals surface area contributed by atoms with E-state index in [0.717, 1.165) is 24.1 Å². The molecule has 0 atom stereocenters. The van der Waals surface area contributed by atoms with Crippen LogP contribution >= 0.6 is 0 Å². The van der Waals surface area contributed by atoms with Crippen LogP contribution in [0.5, 0.6) is 0 Å². The van der Waals surface area contributed by atoms with Crippen molar-refractivity contribution < 1.29 is 9.59 Å². The third kappa shape index (κ3) is 5.09. The molecule has 8 nitrogen and oxygen atoms in total. The van der Waals surface area contributed by atoms with E-state index >= 15 is 0 Å². The summed E-state index contributed by atoms with van der Waals surface area (Å²) in [5.74, 6) is 1.00. The fourth-order valence-electron chi connectivity index (χ4n) is 5.10. The zero-order valence-corrected chi connectivity index (χ0v) is 19.4. The maximum atomic E-state index is 12.9. The molecule has 4 rings (SSSR count). The van der Waals surface area contributed by atoms with Crippen LogP contribution < -0.4 is 10.6 Å². The molecule has 0 bridgehead atoms. The molecule has 2 aliphatic rings. The number of carbonyl (C=O) groups excluding carboxylic acids is 2. The van der Waals surface area contributed by atoms with E-state index in [2.05, 4.69) is 31.2 Å². The summed E-state index contributed by atoms with van der Waals surface area (Å²) in [5, 5.41) is 15.7. The summed E-state index contributed by atoms with van der Waals surface area (Å²) in [4.78, 5) is 31.7. The predicted molar refractivity (Wildman–Crippen MR) is 127 cm³/mol. The van der Waals surface area contributed by atoms with E-state index in [1.54, 1.807) is 12.3 Å². The van der Waals surface area contributed by atoms with E-state index in [1.807, 2.05) is 26.0 Å². The van der Waals surface area contributed by atoms with Crippen LogP contribution in [0.3, 0.4) is 0 Å². The summed E-state index contributed by atoms with van der Waals surface area (Å²) in [6.45, 7) is 5.61. The Hall–Kier alpha value is -3.18. The Morgan fingerprint density at radius 1 is 1.12 bits per heavy atom. The molecule has 174 valence electrons. The zero-order chi connectivity index (χ0) is 23.4. The fourth-order valence-corrected chi connectivity index (χ4v) is 5.10. The van der Waals surface area contributed by atoms with Crippen molar-refractivity contribution >= 4 is 23.5 Å². The number of piperidine rings is 1. The van der Waals surface area contributed by atoms with Gasteiger partial charge in [0.15, 0.2) is 0 Å². The van der Waals surface area contributed by atoms with Crippen molar-refractivity contribution in [3.05, 3.63) is 41.2 Å². The van der Waals surface area contributed by atoms with Gasteiger partial charge in [-0.05, 0) is 70.3 Å². The average molecular weight is 449 g/mol. The van der Waals surface area contributed by atoms with Crippen LogP contribution in [0, 0.1) is 31.1 Å². The number of anilines is 2. The first-order valence-corrected chi connectivity index (χ1v) is 11.8.